The van der Waals surface area contributed by atoms with Gasteiger partial charge in [0.1, 0.15) is 0 Å². The van der Waals surface area contributed by atoms with E-state index in [2.05, 4.69) is 0 Å². The molecule has 1 N–H and O–H groups in total. The molecule has 0 saturated carbocycles. The summed E-state index contributed by atoms with van der Waals surface area (Å²) in [4.78, 5) is 0. The monoisotopic (exact) mass is 242 g/mol. The average molecular weight is 242 g/mol. The van der Waals surface area contributed by atoms with Gasteiger partial charge in [-0.15, -0.1) is 24.0 Å². The summed E-state index contributed by atoms with van der Waals surface area (Å²) in [5, 5.41) is 0. The van der Waals surface area contributed by atoms with Crippen LogP contribution >= 0.6 is 24.0 Å². The van der Waals surface area contributed by atoms with Crippen molar-refractivity contribution in [1.29, 1.82) is 0 Å². The second kappa shape index (κ2) is 25.5. The molecule has 1 nitrogen and oxygen atoms in total. The van der Waals surface area contributed by atoms with Crippen LogP contribution in [0.15, 0.2) is 0 Å². The Morgan fingerprint density at radius 1 is 1.00 bits per heavy atom. The predicted octanol–water partition coefficient (Wildman–Crippen LogP) is -8.55. The van der Waals surface area contributed by atoms with Crippen LogP contribution in [0.1, 0.15) is 0 Å². The summed E-state index contributed by atoms with van der Waals surface area (Å²) in [6.07, 6.45) is 0. The largest absolute Gasteiger partial charge is 1.00 e. The van der Waals surface area contributed by atoms with E-state index in [4.69, 9.17) is 0 Å². The van der Waals surface area contributed by atoms with Gasteiger partial charge < -0.3 is 17.9 Å². The van der Waals surface area contributed by atoms with Crippen LogP contribution in [0.4, 0.5) is 0 Å². The van der Waals surface area contributed by atoms with Crippen LogP contribution in [-0.2, 0) is 0 Å². The molecule has 0 spiro atoms. The van der Waals surface area contributed by atoms with Crippen molar-refractivity contribution in [3.05, 3.63) is 0 Å². The third kappa shape index (κ3) is 18.4. The van der Waals surface area contributed by atoms with Gasteiger partial charge in [-0.05, 0) is 0 Å². The van der Waals surface area contributed by atoms with E-state index in [1.165, 1.54) is 0 Å². The number of halogens is 2. The van der Waals surface area contributed by atoms with Crippen LogP contribution in [0.5, 0.6) is 0 Å². The van der Waals surface area contributed by atoms with E-state index in [1.807, 2.05) is 0 Å². The first-order valence-corrected chi connectivity index (χ1v) is 0. The van der Waals surface area contributed by atoms with Crippen LogP contribution in [0.2, 0.25) is 0 Å². The maximum atomic E-state index is 0. The number of hydrogen-bond acceptors (Lipinski definition) is 1. The quantitative estimate of drug-likeness (QED) is 0.307. The van der Waals surface area contributed by atoms with E-state index < -0.39 is 0 Å². The summed E-state index contributed by atoms with van der Waals surface area (Å²) in [6.45, 7) is 0. The van der Waals surface area contributed by atoms with E-state index in [1.54, 1.807) is 0 Å². The van der Waals surface area contributed by atoms with Crippen molar-refractivity contribution in [3.63, 3.8) is 0 Å². The third-order valence-electron chi connectivity index (χ3n) is 0. The Morgan fingerprint density at radius 3 is 1.00 bits per heavy atom. The molecule has 0 bridgehead atoms. The molecule has 0 aromatic carbocycles. The van der Waals surface area contributed by atoms with Crippen molar-refractivity contribution in [2.75, 3.05) is 0 Å². The first-order chi connectivity index (χ1) is 0. The van der Waals surface area contributed by atoms with Gasteiger partial charge in [0.15, 0.2) is 0 Å². The Hall–Kier alpha value is 3.62. The van der Waals surface area contributed by atoms with Gasteiger partial charge in [-0.2, -0.15) is 0 Å². The van der Waals surface area contributed by atoms with Gasteiger partial charge in [-0.1, -0.05) is 0 Å². The second-order valence-corrected chi connectivity index (χ2v) is 0. The van der Waals surface area contributed by atoms with E-state index in [9.17, 15) is 0 Å². The minimum absolute atomic E-state index is 0. The first kappa shape index (κ1) is 38.2. The zero-order valence-electron chi connectivity index (χ0n) is 3.23. The molecule has 0 heterocycles. The molecule has 0 fully saturated rings. The minimum Gasteiger partial charge on any atom is -1.00 e. The van der Waals surface area contributed by atoms with Crippen LogP contribution in [-0.4, -0.2) is 5.48 Å². The molecule has 5 heavy (non-hydrogen) atoms. The molecule has 0 unspecified atom stereocenters. The molecular weight excluding hydrogens is 240 g/mol. The number of rotatable bonds is 0. The summed E-state index contributed by atoms with van der Waals surface area (Å²) in [6, 6.07) is 0. The van der Waals surface area contributed by atoms with Crippen molar-refractivity contribution >= 4 is 24.0 Å². The van der Waals surface area contributed by atoms with Gasteiger partial charge in [0.2, 0.25) is 0 Å². The van der Waals surface area contributed by atoms with Gasteiger partial charge >= 0.3 is 80.9 Å². The van der Waals surface area contributed by atoms with Crippen LogP contribution in [0.25, 0.3) is 0 Å². The van der Waals surface area contributed by atoms with E-state index >= 15 is 0 Å². The summed E-state index contributed by atoms with van der Waals surface area (Å²) in [5.74, 6) is 0. The molecule has 0 aliphatic heterocycles. The zero-order valence-corrected chi connectivity index (χ0v) is 11.4. The molecule has 0 radical (unpaired) electrons. The van der Waals surface area contributed by atoms with Gasteiger partial charge in [-0.3, -0.25) is 0 Å². The summed E-state index contributed by atoms with van der Waals surface area (Å²) >= 11 is 0. The topological polar surface area (TPSA) is 30.0 Å². The van der Waals surface area contributed by atoms with E-state index in [-0.39, 0.29) is 123 Å². The van der Waals surface area contributed by atoms with Crippen molar-refractivity contribution in [3.8, 4) is 0 Å². The van der Waals surface area contributed by atoms with Crippen molar-refractivity contribution in [1.82, 2.24) is 0 Å². The maximum Gasteiger partial charge on any atom is 1.00 e. The molecular formula is H2ClIKNaO. The predicted molar refractivity (Wildman–Crippen MR) is 17.4 cm³/mol. The molecule has 0 aromatic rings. The fourth-order valence-corrected chi connectivity index (χ4v) is 0. The molecule has 0 saturated heterocycles. The SMILES string of the molecule is I.[Cl-].[K+].[Na+].[OH-]. The smallest absolute Gasteiger partial charge is 1.00 e. The molecule has 24 valence electrons. The fourth-order valence-electron chi connectivity index (χ4n) is 0. The van der Waals surface area contributed by atoms with Crippen molar-refractivity contribution < 1.29 is 98.8 Å². The summed E-state index contributed by atoms with van der Waals surface area (Å²) < 4.78 is 0. The second-order valence-electron chi connectivity index (χ2n) is 0. The van der Waals surface area contributed by atoms with Crippen LogP contribution < -0.4 is 93.3 Å². The molecule has 0 aliphatic carbocycles. The normalized spacial score (nSPS) is 0. The van der Waals surface area contributed by atoms with E-state index in [0.29, 0.717) is 0 Å². The maximum absolute atomic E-state index is 0. The van der Waals surface area contributed by atoms with Gasteiger partial charge in [-0.25, -0.2) is 0 Å². The average Bonchev–Trinajstić information content (AvgIpc) is 0. The van der Waals surface area contributed by atoms with Gasteiger partial charge in [0, 0.05) is 0 Å². The van der Waals surface area contributed by atoms with E-state index in [0.717, 1.165) is 0 Å². The Bertz CT molecular complexity index is 11.6. The van der Waals surface area contributed by atoms with Gasteiger partial charge in [0.05, 0.1) is 0 Å². The summed E-state index contributed by atoms with van der Waals surface area (Å²) in [5.41, 5.74) is 0. The molecule has 0 aromatic heterocycles. The minimum atomic E-state index is 0. The Labute approximate surface area is 119 Å². The molecule has 0 aliphatic rings. The summed E-state index contributed by atoms with van der Waals surface area (Å²) in [7, 11) is 0. The number of hydrogen-bond donors (Lipinski definition) is 0. The van der Waals surface area contributed by atoms with Gasteiger partial charge in [0.25, 0.3) is 0 Å². The molecule has 0 atom stereocenters. The molecule has 5 heteroatoms. The Kier molecular flexibility index (Phi) is 195. The first-order valence-electron chi connectivity index (χ1n) is 0. The van der Waals surface area contributed by atoms with Crippen LogP contribution in [0.3, 0.4) is 0 Å². The standard InChI is InChI=1S/ClH.HI.K.Na.H2O/h2*1H;;;1H2/q;;2*+1;/p-2. The molecule has 0 amide bonds. The van der Waals surface area contributed by atoms with Crippen molar-refractivity contribution in [2.24, 2.45) is 0 Å². The third-order valence-corrected chi connectivity index (χ3v) is 0. The fraction of sp³-hybridized carbons (Fsp3) is 0. The zero-order chi connectivity index (χ0) is 0. The Balaban J connectivity index is 0. The Morgan fingerprint density at radius 2 is 1.00 bits per heavy atom. The van der Waals surface area contributed by atoms with Crippen LogP contribution in [0, 0.1) is 0 Å². The molecule has 0 rings (SSSR count). The van der Waals surface area contributed by atoms with Crippen molar-refractivity contribution in [2.45, 2.75) is 0 Å².